The normalized spacial score (nSPS) is 12.9. The maximum Gasteiger partial charge on any atom is 0.281 e. The van der Waals surface area contributed by atoms with Crippen LogP contribution in [0, 0.1) is 30.0 Å². The maximum atomic E-state index is 14.5. The van der Waals surface area contributed by atoms with Crippen molar-refractivity contribution in [3.05, 3.63) is 65.6 Å². The smallest absolute Gasteiger partial charge is 0.281 e. The lowest BCUT2D eigenvalue weighted by atomic mass is 9.82. The Kier molecular flexibility index (Phi) is 9.56. The molecule has 0 aliphatic heterocycles. The molecule has 0 radical (unpaired) electrons. The lowest BCUT2D eigenvalue weighted by Gasteiger charge is -2.34. The second-order valence-electron chi connectivity index (χ2n) is 11.6. The van der Waals surface area contributed by atoms with E-state index in [0.717, 1.165) is 0 Å². The molecule has 1 N–H and O–H groups in total. The summed E-state index contributed by atoms with van der Waals surface area (Å²) < 4.78 is 54.5. The highest BCUT2D eigenvalue weighted by molar-refractivity contribution is 7.90. The molecule has 0 fully saturated rings. The molecule has 10 heteroatoms. The molecular formula is C30H38FN3O5S. The van der Waals surface area contributed by atoms with Crippen LogP contribution in [0.3, 0.4) is 0 Å². The van der Waals surface area contributed by atoms with E-state index < -0.39 is 21.7 Å². The van der Waals surface area contributed by atoms with Gasteiger partial charge in [0.15, 0.2) is 5.03 Å². The van der Waals surface area contributed by atoms with E-state index in [9.17, 15) is 17.6 Å². The molecule has 1 unspecified atom stereocenters. The van der Waals surface area contributed by atoms with Gasteiger partial charge >= 0.3 is 0 Å². The van der Waals surface area contributed by atoms with Gasteiger partial charge in [-0.3, -0.25) is 4.79 Å². The number of rotatable bonds is 10. The number of aryl methyl sites for hydroxylation is 1. The summed E-state index contributed by atoms with van der Waals surface area (Å²) >= 11 is 0. The molecular weight excluding hydrogens is 533 g/mol. The van der Waals surface area contributed by atoms with Crippen molar-refractivity contribution < 1.29 is 27.1 Å². The van der Waals surface area contributed by atoms with E-state index in [4.69, 9.17) is 9.47 Å². The Labute approximate surface area is 236 Å². The predicted octanol–water partition coefficient (Wildman–Crippen LogP) is 6.19. The van der Waals surface area contributed by atoms with Gasteiger partial charge in [-0.25, -0.2) is 19.1 Å². The molecule has 0 saturated carbocycles. The van der Waals surface area contributed by atoms with Gasteiger partial charge in [0.1, 0.15) is 23.2 Å². The van der Waals surface area contributed by atoms with Crippen molar-refractivity contribution in [3.8, 4) is 22.9 Å². The third-order valence-corrected chi connectivity index (χ3v) is 7.15. The summed E-state index contributed by atoms with van der Waals surface area (Å²) in [6.07, 6.45) is -0.380. The molecule has 0 saturated heterocycles. The number of amides is 1. The average Bonchev–Trinajstić information content (AvgIpc) is 2.84. The minimum atomic E-state index is -4.27. The van der Waals surface area contributed by atoms with Crippen LogP contribution in [0.2, 0.25) is 0 Å². The average molecular weight is 572 g/mol. The Morgan fingerprint density at radius 3 is 2.33 bits per heavy atom. The number of aromatic nitrogens is 2. The van der Waals surface area contributed by atoms with Crippen LogP contribution in [0.1, 0.15) is 64.5 Å². The van der Waals surface area contributed by atoms with Crippen LogP contribution in [0.4, 0.5) is 4.39 Å². The van der Waals surface area contributed by atoms with E-state index in [0.29, 0.717) is 29.3 Å². The zero-order valence-electron chi connectivity index (χ0n) is 24.3. The molecule has 8 nitrogen and oxygen atoms in total. The van der Waals surface area contributed by atoms with Crippen molar-refractivity contribution in [1.82, 2.24) is 14.7 Å². The van der Waals surface area contributed by atoms with Crippen LogP contribution >= 0.6 is 0 Å². The first-order valence-electron chi connectivity index (χ1n) is 13.2. The third kappa shape index (κ3) is 8.00. The first-order chi connectivity index (χ1) is 18.6. The molecule has 3 aromatic rings. The molecule has 1 atom stereocenters. The van der Waals surface area contributed by atoms with Crippen molar-refractivity contribution in [3.63, 3.8) is 0 Å². The number of ether oxygens (including phenoxy) is 2. The summed E-state index contributed by atoms with van der Waals surface area (Å²) in [6, 6.07) is 11.7. The summed E-state index contributed by atoms with van der Waals surface area (Å²) in [5.74, 6) is -0.861. The van der Waals surface area contributed by atoms with E-state index in [1.807, 2.05) is 48.5 Å². The Hall–Kier alpha value is -3.53. The molecule has 40 heavy (non-hydrogen) atoms. The van der Waals surface area contributed by atoms with Crippen molar-refractivity contribution in [1.29, 1.82) is 0 Å². The quantitative estimate of drug-likeness (QED) is 0.309. The fraction of sp³-hybridized carbons (Fsp3) is 0.433. The zero-order valence-corrected chi connectivity index (χ0v) is 25.1. The number of benzene rings is 1. The molecule has 0 aliphatic rings. The summed E-state index contributed by atoms with van der Waals surface area (Å²) in [6.45, 7) is 16.0. The van der Waals surface area contributed by atoms with E-state index in [1.54, 1.807) is 25.1 Å². The Bertz CT molecular complexity index is 1470. The molecule has 3 rings (SSSR count). The minimum Gasteiger partial charge on any atom is -0.493 e. The molecule has 0 bridgehead atoms. The van der Waals surface area contributed by atoms with Crippen LogP contribution in [0.25, 0.3) is 11.3 Å². The van der Waals surface area contributed by atoms with Gasteiger partial charge in [0, 0.05) is 17.3 Å². The molecule has 2 aromatic heterocycles. The number of nitrogens with one attached hydrogen (secondary N) is 1. The molecule has 0 spiro atoms. The summed E-state index contributed by atoms with van der Waals surface area (Å²) in [7, 11) is -4.27. The second-order valence-corrected chi connectivity index (χ2v) is 13.3. The SMILES string of the molecule is Cc1cccc(S(=O)(=O)NC(=O)c2ccc(-c3cc(F)cc(OCC(C)C)c3)nc2OC(C(C)C)C(C)(C)C)n1. The number of hydrogen-bond donors (Lipinski definition) is 1. The Morgan fingerprint density at radius 1 is 1.02 bits per heavy atom. The molecule has 2 heterocycles. The van der Waals surface area contributed by atoms with Crippen molar-refractivity contribution >= 4 is 15.9 Å². The van der Waals surface area contributed by atoms with Gasteiger partial charge in [0.25, 0.3) is 15.9 Å². The van der Waals surface area contributed by atoms with Crippen molar-refractivity contribution in [2.45, 2.75) is 66.5 Å². The summed E-state index contributed by atoms with van der Waals surface area (Å²) in [5.41, 5.74) is 0.822. The van der Waals surface area contributed by atoms with Gasteiger partial charge in [-0.15, -0.1) is 0 Å². The molecule has 1 amide bonds. The standard InChI is InChI=1S/C30H38FN3O5S/c1-18(2)17-38-23-15-21(14-22(31)16-23)25-13-12-24(29(33-25)39-27(19(3)4)30(6,7)8)28(35)34-40(36,37)26-11-9-10-20(5)32-26/h9-16,18-19,27H,17H2,1-8H3,(H,34,35). The maximum absolute atomic E-state index is 14.5. The summed E-state index contributed by atoms with van der Waals surface area (Å²) in [5, 5.41) is -0.281. The van der Waals surface area contributed by atoms with Crippen molar-refractivity contribution in [2.24, 2.45) is 17.3 Å². The lowest BCUT2D eigenvalue weighted by Crippen LogP contribution is -2.38. The first-order valence-corrected chi connectivity index (χ1v) is 14.7. The number of halogens is 1. The van der Waals surface area contributed by atoms with Crippen LogP contribution in [0.15, 0.2) is 53.6 Å². The van der Waals surface area contributed by atoms with Crippen LogP contribution in [-0.2, 0) is 10.0 Å². The topological polar surface area (TPSA) is 107 Å². The monoisotopic (exact) mass is 571 g/mol. The zero-order chi connectivity index (χ0) is 29.8. The molecule has 0 aliphatic carbocycles. The highest BCUT2D eigenvalue weighted by Crippen LogP contribution is 2.33. The largest absolute Gasteiger partial charge is 0.493 e. The Balaban J connectivity index is 2.07. The first kappa shape index (κ1) is 31.0. The van der Waals surface area contributed by atoms with Crippen LogP contribution in [-0.4, -0.2) is 37.0 Å². The third-order valence-electron chi connectivity index (χ3n) is 5.92. The van der Waals surface area contributed by atoms with E-state index in [2.05, 4.69) is 14.7 Å². The van der Waals surface area contributed by atoms with E-state index in [-0.39, 0.29) is 39.8 Å². The van der Waals surface area contributed by atoms with Crippen molar-refractivity contribution in [2.75, 3.05) is 6.61 Å². The molecule has 216 valence electrons. The fourth-order valence-electron chi connectivity index (χ4n) is 4.25. The van der Waals surface area contributed by atoms with E-state index in [1.165, 1.54) is 30.3 Å². The predicted molar refractivity (Wildman–Crippen MR) is 152 cm³/mol. The van der Waals surface area contributed by atoms with Gasteiger partial charge in [0.2, 0.25) is 5.88 Å². The van der Waals surface area contributed by atoms with Gasteiger partial charge in [-0.05, 0) is 60.6 Å². The number of carbonyl (C=O) groups excluding carboxylic acids is 1. The highest BCUT2D eigenvalue weighted by Gasteiger charge is 2.32. The highest BCUT2D eigenvalue weighted by atomic mass is 32.2. The van der Waals surface area contributed by atoms with Crippen LogP contribution in [0.5, 0.6) is 11.6 Å². The minimum absolute atomic E-state index is 0.0341. The second kappa shape index (κ2) is 12.3. The lowest BCUT2D eigenvalue weighted by molar-refractivity contribution is 0.0422. The summed E-state index contributed by atoms with van der Waals surface area (Å²) in [4.78, 5) is 21.9. The van der Waals surface area contributed by atoms with Gasteiger partial charge in [0.05, 0.1) is 12.3 Å². The number of nitrogens with zero attached hydrogens (tertiary/aromatic N) is 2. The number of pyridine rings is 2. The Morgan fingerprint density at radius 2 is 1.73 bits per heavy atom. The van der Waals surface area contributed by atoms with Gasteiger partial charge < -0.3 is 9.47 Å². The fourth-order valence-corrected chi connectivity index (χ4v) is 5.23. The number of hydrogen-bond acceptors (Lipinski definition) is 7. The van der Waals surface area contributed by atoms with Gasteiger partial charge in [-0.2, -0.15) is 8.42 Å². The van der Waals surface area contributed by atoms with Crippen LogP contribution < -0.4 is 14.2 Å². The number of sulfonamides is 1. The number of carbonyl (C=O) groups is 1. The molecule has 1 aromatic carbocycles. The van der Waals surface area contributed by atoms with E-state index >= 15 is 0 Å². The van der Waals surface area contributed by atoms with Gasteiger partial charge in [-0.1, -0.05) is 54.5 Å².